The Balaban J connectivity index is 1.66. The number of nitrogens with zero attached hydrogens (tertiary/aromatic N) is 1. The molecule has 33 heavy (non-hydrogen) atoms. The van der Waals surface area contributed by atoms with E-state index < -0.39 is 34.8 Å². The number of nitrogens with one attached hydrogen (secondary N) is 2. The van der Waals surface area contributed by atoms with Gasteiger partial charge in [0.2, 0.25) is 5.75 Å². The second kappa shape index (κ2) is 10.7. The van der Waals surface area contributed by atoms with Crippen LogP contribution >= 0.6 is 0 Å². The fourth-order valence-corrected chi connectivity index (χ4v) is 2.87. The van der Waals surface area contributed by atoms with Gasteiger partial charge in [-0.15, -0.1) is 0 Å². The molecule has 3 aromatic rings. The van der Waals surface area contributed by atoms with Gasteiger partial charge in [0, 0.05) is 17.8 Å². The first-order valence-electron chi connectivity index (χ1n) is 9.87. The summed E-state index contributed by atoms with van der Waals surface area (Å²) in [5.41, 5.74) is 0.463. The molecular weight excluding hydrogens is 433 g/mol. The molecule has 2 N–H and O–H groups in total. The van der Waals surface area contributed by atoms with Gasteiger partial charge in [-0.3, -0.25) is 19.7 Å². The number of carbonyl (C=O) groups is 2. The summed E-state index contributed by atoms with van der Waals surface area (Å²) in [7, 11) is 0. The number of rotatable bonds is 9. The largest absolute Gasteiger partial charge is 0.494 e. The van der Waals surface area contributed by atoms with E-state index in [0.717, 1.165) is 18.2 Å². The molecule has 10 heteroatoms. The predicted molar refractivity (Wildman–Crippen MR) is 119 cm³/mol. The molecule has 3 rings (SSSR count). The van der Waals surface area contributed by atoms with Gasteiger partial charge >= 0.3 is 5.69 Å². The minimum atomic E-state index is -0.743. The van der Waals surface area contributed by atoms with Crippen molar-refractivity contribution in [2.75, 3.05) is 23.8 Å². The van der Waals surface area contributed by atoms with Crippen molar-refractivity contribution in [1.29, 1.82) is 0 Å². The first-order valence-corrected chi connectivity index (χ1v) is 9.87. The zero-order chi connectivity index (χ0) is 23.8. The molecule has 2 amide bonds. The maximum absolute atomic E-state index is 13.4. The number of hydrogen-bond acceptors (Lipinski definition) is 6. The molecule has 0 bridgehead atoms. The second-order valence-electron chi connectivity index (χ2n) is 6.66. The molecule has 0 atom stereocenters. The number of hydrogen-bond donors (Lipinski definition) is 2. The molecule has 0 aliphatic heterocycles. The molecule has 0 radical (unpaired) electrons. The Bertz CT molecular complexity index is 1170. The van der Waals surface area contributed by atoms with Crippen molar-refractivity contribution in [3.63, 3.8) is 0 Å². The molecular formula is C23H20FN3O6. The molecule has 0 aromatic heterocycles. The molecule has 170 valence electrons. The lowest BCUT2D eigenvalue weighted by Gasteiger charge is -2.12. The van der Waals surface area contributed by atoms with Crippen LogP contribution in [0.5, 0.6) is 11.5 Å². The minimum absolute atomic E-state index is 0.191. The lowest BCUT2D eigenvalue weighted by atomic mass is 10.1. The van der Waals surface area contributed by atoms with Gasteiger partial charge < -0.3 is 20.1 Å². The third-order valence-corrected chi connectivity index (χ3v) is 4.35. The zero-order valence-corrected chi connectivity index (χ0v) is 17.5. The maximum Gasteiger partial charge on any atom is 0.311 e. The van der Waals surface area contributed by atoms with E-state index in [1.807, 2.05) is 6.92 Å². The third kappa shape index (κ3) is 6.26. The quantitative estimate of drug-likeness (QED) is 0.366. The highest BCUT2D eigenvalue weighted by Gasteiger charge is 2.18. The topological polar surface area (TPSA) is 120 Å². The number of amides is 2. The number of halogens is 1. The predicted octanol–water partition coefficient (Wildman–Crippen LogP) is 4.40. The lowest BCUT2D eigenvalue weighted by molar-refractivity contribution is -0.385. The van der Waals surface area contributed by atoms with Crippen LogP contribution in [-0.4, -0.2) is 30.0 Å². The minimum Gasteiger partial charge on any atom is -0.494 e. The average Bonchev–Trinajstić information content (AvgIpc) is 2.79. The Hall–Kier alpha value is -4.47. The van der Waals surface area contributed by atoms with Crippen molar-refractivity contribution >= 4 is 28.9 Å². The van der Waals surface area contributed by atoms with Crippen LogP contribution in [0, 0.1) is 15.9 Å². The van der Waals surface area contributed by atoms with Gasteiger partial charge in [-0.05, 0) is 49.4 Å². The van der Waals surface area contributed by atoms with Crippen molar-refractivity contribution in [3.8, 4) is 11.5 Å². The van der Waals surface area contributed by atoms with Crippen molar-refractivity contribution in [2.45, 2.75) is 6.92 Å². The van der Waals surface area contributed by atoms with Crippen LogP contribution in [0.2, 0.25) is 0 Å². The number of anilines is 2. The fraction of sp³-hybridized carbons (Fsp3) is 0.130. The average molecular weight is 453 g/mol. The summed E-state index contributed by atoms with van der Waals surface area (Å²) in [6.07, 6.45) is 0. The molecule has 0 heterocycles. The van der Waals surface area contributed by atoms with Gasteiger partial charge in [0.05, 0.1) is 22.8 Å². The van der Waals surface area contributed by atoms with Crippen LogP contribution in [0.15, 0.2) is 66.7 Å². The van der Waals surface area contributed by atoms with Crippen molar-refractivity contribution in [1.82, 2.24) is 0 Å². The summed E-state index contributed by atoms with van der Waals surface area (Å²) in [5, 5.41) is 16.3. The van der Waals surface area contributed by atoms with E-state index in [2.05, 4.69) is 10.6 Å². The lowest BCUT2D eigenvalue weighted by Crippen LogP contribution is -2.23. The Kier molecular flexibility index (Phi) is 7.53. The Morgan fingerprint density at radius 1 is 1.00 bits per heavy atom. The molecule has 0 aliphatic rings. The molecule has 0 saturated carbocycles. The van der Waals surface area contributed by atoms with Gasteiger partial charge in [0.15, 0.2) is 6.61 Å². The summed E-state index contributed by atoms with van der Waals surface area (Å²) >= 11 is 0. The molecule has 0 fully saturated rings. The van der Waals surface area contributed by atoms with E-state index in [4.69, 9.17) is 9.47 Å². The summed E-state index contributed by atoms with van der Waals surface area (Å²) in [6.45, 7) is 1.76. The monoisotopic (exact) mass is 453 g/mol. The number of nitro benzene ring substituents is 1. The van der Waals surface area contributed by atoms with Gasteiger partial charge in [-0.2, -0.15) is 0 Å². The molecule has 0 saturated heterocycles. The van der Waals surface area contributed by atoms with Crippen molar-refractivity contribution in [3.05, 3.63) is 88.2 Å². The van der Waals surface area contributed by atoms with Gasteiger partial charge in [-0.1, -0.05) is 12.1 Å². The Morgan fingerprint density at radius 3 is 2.42 bits per heavy atom. The van der Waals surface area contributed by atoms with E-state index in [1.54, 1.807) is 36.4 Å². The Labute approximate surface area is 188 Å². The van der Waals surface area contributed by atoms with Crippen LogP contribution < -0.4 is 20.1 Å². The summed E-state index contributed by atoms with van der Waals surface area (Å²) in [5.74, 6) is -1.60. The normalized spacial score (nSPS) is 10.2. The van der Waals surface area contributed by atoms with Crippen LogP contribution in [0.1, 0.15) is 17.3 Å². The maximum atomic E-state index is 13.4. The van der Waals surface area contributed by atoms with Gasteiger partial charge in [0.25, 0.3) is 11.8 Å². The van der Waals surface area contributed by atoms with Crippen LogP contribution in [0.3, 0.4) is 0 Å². The molecule has 9 nitrogen and oxygen atoms in total. The first kappa shape index (κ1) is 23.2. The smallest absolute Gasteiger partial charge is 0.311 e. The van der Waals surface area contributed by atoms with Crippen molar-refractivity contribution in [2.24, 2.45) is 0 Å². The number of nitro groups is 1. The van der Waals surface area contributed by atoms with E-state index >= 15 is 0 Å². The van der Waals surface area contributed by atoms with Crippen molar-refractivity contribution < 1.29 is 28.4 Å². The van der Waals surface area contributed by atoms with Gasteiger partial charge in [-0.25, -0.2) is 4.39 Å². The summed E-state index contributed by atoms with van der Waals surface area (Å²) in [6, 6.07) is 15.8. The molecule has 0 spiro atoms. The van der Waals surface area contributed by atoms with Crippen LogP contribution in [0.4, 0.5) is 21.5 Å². The highest BCUT2D eigenvalue weighted by molar-refractivity contribution is 6.10. The zero-order valence-electron chi connectivity index (χ0n) is 17.5. The highest BCUT2D eigenvalue weighted by Crippen LogP contribution is 2.27. The van der Waals surface area contributed by atoms with E-state index in [1.165, 1.54) is 12.1 Å². The molecule has 3 aromatic carbocycles. The number of para-hydroxylation sites is 1. The van der Waals surface area contributed by atoms with E-state index in [9.17, 15) is 24.1 Å². The fourth-order valence-electron chi connectivity index (χ4n) is 2.87. The van der Waals surface area contributed by atoms with Crippen LogP contribution in [0.25, 0.3) is 0 Å². The first-order chi connectivity index (χ1) is 15.9. The number of ether oxygens (including phenoxy) is 2. The number of benzene rings is 3. The third-order valence-electron chi connectivity index (χ3n) is 4.35. The van der Waals surface area contributed by atoms with Crippen LogP contribution in [-0.2, 0) is 4.79 Å². The van der Waals surface area contributed by atoms with Gasteiger partial charge in [0.1, 0.15) is 11.6 Å². The van der Waals surface area contributed by atoms with E-state index in [-0.39, 0.29) is 17.0 Å². The summed E-state index contributed by atoms with van der Waals surface area (Å²) in [4.78, 5) is 35.4. The Morgan fingerprint density at radius 2 is 1.73 bits per heavy atom. The summed E-state index contributed by atoms with van der Waals surface area (Å²) < 4.78 is 23.9. The highest BCUT2D eigenvalue weighted by atomic mass is 19.1. The standard InChI is InChI=1S/C23H20FN3O6/c1-2-32-17-10-8-16(9-11-17)25-23(29)18-5-3-4-6-19(18)26-22(28)14-33-21-13-15(24)7-12-20(21)27(30)31/h3-13H,2,14H2,1H3,(H,25,29)(H,26,28). The number of carbonyl (C=O) groups excluding carboxylic acids is 2. The van der Waals surface area contributed by atoms with E-state index in [0.29, 0.717) is 18.0 Å². The SMILES string of the molecule is CCOc1ccc(NC(=O)c2ccccc2NC(=O)COc2cc(F)ccc2[N+](=O)[O-])cc1. The molecule has 0 unspecified atom stereocenters. The second-order valence-corrected chi connectivity index (χ2v) is 6.66. The molecule has 0 aliphatic carbocycles.